The van der Waals surface area contributed by atoms with Crippen molar-refractivity contribution in [2.45, 2.75) is 26.3 Å². The number of carbonyl (C=O) groups is 2. The second-order valence-electron chi connectivity index (χ2n) is 3.72. The van der Waals surface area contributed by atoms with Crippen molar-refractivity contribution in [2.24, 2.45) is 0 Å². The van der Waals surface area contributed by atoms with Crippen molar-refractivity contribution in [2.75, 3.05) is 18.6 Å². The number of esters is 1. The molecule has 0 aliphatic rings. The summed E-state index contributed by atoms with van der Waals surface area (Å²) >= 11 is 1.68. The number of aromatic nitrogens is 1. The fraction of sp³-hybridized carbons (Fsp3) is 0.583. The molecule has 1 aromatic rings. The number of hydrogen-bond donors (Lipinski definition) is 0. The number of carbonyl (C=O) groups excluding carboxylic acids is 2. The molecule has 1 unspecified atom stereocenters. The molecule has 0 amide bonds. The summed E-state index contributed by atoms with van der Waals surface area (Å²) in [6, 6.07) is 0. The van der Waals surface area contributed by atoms with E-state index in [2.05, 4.69) is 0 Å². The normalized spacial score (nSPS) is 12.2. The first-order valence-electron chi connectivity index (χ1n) is 5.74. The van der Waals surface area contributed by atoms with Gasteiger partial charge >= 0.3 is 11.9 Å². The van der Waals surface area contributed by atoms with Crippen molar-refractivity contribution in [1.82, 2.24) is 0 Å². The Morgan fingerprint density at radius 1 is 1.56 bits per heavy atom. The molecular formula is C12H18NO4S+. The second-order valence-corrected chi connectivity index (χ2v) is 4.71. The van der Waals surface area contributed by atoms with Gasteiger partial charge in [0.05, 0.1) is 12.4 Å². The average molecular weight is 272 g/mol. The van der Waals surface area contributed by atoms with Gasteiger partial charge in [-0.25, -0.2) is 0 Å². The highest BCUT2D eigenvalue weighted by molar-refractivity contribution is 7.98. The molecular weight excluding hydrogens is 254 g/mol. The monoisotopic (exact) mass is 272 g/mol. The summed E-state index contributed by atoms with van der Waals surface area (Å²) in [6.07, 6.45) is 5.19. The predicted octanol–water partition coefficient (Wildman–Crippen LogP) is 1.17. The van der Waals surface area contributed by atoms with Crippen LogP contribution in [0.25, 0.3) is 0 Å². The molecule has 0 bridgehead atoms. The van der Waals surface area contributed by atoms with Gasteiger partial charge in [0.15, 0.2) is 18.6 Å². The van der Waals surface area contributed by atoms with Gasteiger partial charge in [-0.05, 0) is 20.1 Å². The largest absolute Gasteiger partial charge is 0.465 e. The molecule has 5 nitrogen and oxygen atoms in total. The summed E-state index contributed by atoms with van der Waals surface area (Å²) in [7, 11) is 0. The molecule has 100 valence electrons. The van der Waals surface area contributed by atoms with E-state index in [-0.39, 0.29) is 12.4 Å². The summed E-state index contributed by atoms with van der Waals surface area (Å²) in [6.45, 7) is 4.01. The van der Waals surface area contributed by atoms with Crippen molar-refractivity contribution in [1.29, 1.82) is 0 Å². The first kappa shape index (κ1) is 14.8. The average Bonchev–Trinajstić information content (AvgIpc) is 2.74. The smallest absolute Gasteiger partial charge is 0.369 e. The van der Waals surface area contributed by atoms with Crippen molar-refractivity contribution >= 4 is 23.5 Å². The van der Waals surface area contributed by atoms with Crippen LogP contribution in [0.1, 0.15) is 25.7 Å². The minimum atomic E-state index is -0.971. The third-order valence-electron chi connectivity index (χ3n) is 2.42. The Kier molecular flexibility index (Phi) is 5.91. The molecule has 0 fully saturated rings. The number of oxazole rings is 1. The lowest BCUT2D eigenvalue weighted by atomic mass is 10.1. The topological polar surface area (TPSA) is 60.4 Å². The van der Waals surface area contributed by atoms with Crippen LogP contribution in [0.2, 0.25) is 0 Å². The maximum absolute atomic E-state index is 11.8. The van der Waals surface area contributed by atoms with Crippen molar-refractivity contribution in [3.63, 3.8) is 0 Å². The van der Waals surface area contributed by atoms with Gasteiger partial charge in [-0.15, -0.1) is 0 Å². The Labute approximate surface area is 110 Å². The third kappa shape index (κ3) is 3.60. The lowest BCUT2D eigenvalue weighted by Crippen LogP contribution is -2.41. The van der Waals surface area contributed by atoms with Crippen LogP contribution in [0.15, 0.2) is 16.9 Å². The molecule has 0 saturated carbocycles. The van der Waals surface area contributed by atoms with Gasteiger partial charge in [0.25, 0.3) is 0 Å². The Morgan fingerprint density at radius 3 is 2.83 bits per heavy atom. The lowest BCUT2D eigenvalue weighted by Gasteiger charge is -2.07. The SMILES string of the molecule is CCOC(=O)C(C(C)=O)c1occ[n+]1CCSC. The van der Waals surface area contributed by atoms with Crippen LogP contribution in [-0.2, 0) is 20.9 Å². The highest BCUT2D eigenvalue weighted by atomic mass is 32.2. The first-order chi connectivity index (χ1) is 8.61. The minimum Gasteiger partial charge on any atom is -0.465 e. The number of nitrogens with zero attached hydrogens (tertiary/aromatic N) is 1. The minimum absolute atomic E-state index is 0.244. The Morgan fingerprint density at radius 2 is 2.28 bits per heavy atom. The molecule has 1 rings (SSSR count). The van der Waals surface area contributed by atoms with E-state index in [0.717, 1.165) is 5.75 Å². The van der Waals surface area contributed by atoms with E-state index in [0.29, 0.717) is 12.4 Å². The fourth-order valence-electron chi connectivity index (χ4n) is 1.59. The van der Waals surface area contributed by atoms with E-state index in [9.17, 15) is 9.59 Å². The summed E-state index contributed by atoms with van der Waals surface area (Å²) < 4.78 is 12.0. The van der Waals surface area contributed by atoms with Gasteiger partial charge in [-0.2, -0.15) is 16.3 Å². The Balaban J connectivity index is 2.95. The molecule has 0 aliphatic heterocycles. The van der Waals surface area contributed by atoms with E-state index in [1.54, 1.807) is 29.4 Å². The van der Waals surface area contributed by atoms with E-state index >= 15 is 0 Å². The molecule has 0 N–H and O–H groups in total. The van der Waals surface area contributed by atoms with Gasteiger partial charge in [0.2, 0.25) is 12.1 Å². The van der Waals surface area contributed by atoms with Crippen LogP contribution in [0.5, 0.6) is 0 Å². The van der Waals surface area contributed by atoms with Crippen LogP contribution in [0.3, 0.4) is 0 Å². The van der Waals surface area contributed by atoms with Gasteiger partial charge in [0, 0.05) is 0 Å². The number of rotatable bonds is 7. The molecule has 18 heavy (non-hydrogen) atoms. The molecule has 1 atom stereocenters. The quantitative estimate of drug-likeness (QED) is 0.423. The Hall–Kier alpha value is -1.30. The summed E-state index contributed by atoms with van der Waals surface area (Å²) in [5, 5.41) is 0. The van der Waals surface area contributed by atoms with E-state index in [4.69, 9.17) is 9.15 Å². The van der Waals surface area contributed by atoms with Gasteiger partial charge in [0.1, 0.15) is 0 Å². The zero-order chi connectivity index (χ0) is 13.5. The van der Waals surface area contributed by atoms with Crippen LogP contribution in [0.4, 0.5) is 0 Å². The Bertz CT molecular complexity index is 416. The molecule has 0 aliphatic carbocycles. The maximum atomic E-state index is 11.8. The van der Waals surface area contributed by atoms with Crippen molar-refractivity contribution in [3.8, 4) is 0 Å². The highest BCUT2D eigenvalue weighted by Crippen LogP contribution is 2.16. The predicted molar refractivity (Wildman–Crippen MR) is 67.3 cm³/mol. The number of hydrogen-bond acceptors (Lipinski definition) is 5. The molecule has 1 aromatic heterocycles. The number of aryl methyl sites for hydroxylation is 1. The van der Waals surface area contributed by atoms with Crippen LogP contribution in [0, 0.1) is 0 Å². The maximum Gasteiger partial charge on any atom is 0.369 e. The summed E-state index contributed by atoms with van der Waals surface area (Å²) in [5.41, 5.74) is 0. The van der Waals surface area contributed by atoms with Gasteiger partial charge in [-0.3, -0.25) is 9.59 Å². The van der Waals surface area contributed by atoms with Crippen LogP contribution in [-0.4, -0.2) is 30.4 Å². The zero-order valence-corrected chi connectivity index (χ0v) is 11.7. The number of thioether (sulfide) groups is 1. The lowest BCUT2D eigenvalue weighted by molar-refractivity contribution is -0.703. The van der Waals surface area contributed by atoms with Gasteiger partial charge in [-0.1, -0.05) is 0 Å². The summed E-state index contributed by atoms with van der Waals surface area (Å²) in [5.74, 6) is -0.582. The number of ketones is 1. The van der Waals surface area contributed by atoms with Crippen molar-refractivity contribution < 1.29 is 23.3 Å². The first-order valence-corrected chi connectivity index (χ1v) is 7.14. The fourth-order valence-corrected chi connectivity index (χ4v) is 1.97. The van der Waals surface area contributed by atoms with Crippen LogP contribution < -0.4 is 4.57 Å². The zero-order valence-electron chi connectivity index (χ0n) is 10.8. The van der Waals surface area contributed by atoms with Crippen LogP contribution >= 0.6 is 11.8 Å². The summed E-state index contributed by atoms with van der Waals surface area (Å²) in [4.78, 5) is 23.4. The van der Waals surface area contributed by atoms with E-state index in [1.807, 2.05) is 6.26 Å². The van der Waals surface area contributed by atoms with E-state index in [1.165, 1.54) is 13.2 Å². The number of ether oxygens (including phenoxy) is 1. The number of Topliss-reactive ketones (excluding diaryl/α,β-unsaturated/α-hetero) is 1. The second kappa shape index (κ2) is 7.20. The molecule has 0 saturated heterocycles. The standard InChI is InChI=1S/C12H18NO4S/c1-4-16-12(15)10(9(2)14)11-13(5-7-17-11)6-8-18-3/h5,7,10H,4,6,8H2,1-3H3/q+1. The van der Waals surface area contributed by atoms with Gasteiger partial charge < -0.3 is 9.15 Å². The third-order valence-corrected chi connectivity index (χ3v) is 3.02. The molecule has 6 heteroatoms. The molecule has 1 heterocycles. The van der Waals surface area contributed by atoms with E-state index < -0.39 is 11.9 Å². The van der Waals surface area contributed by atoms with Crippen molar-refractivity contribution in [3.05, 3.63) is 18.4 Å². The highest BCUT2D eigenvalue weighted by Gasteiger charge is 2.38. The molecule has 0 radical (unpaired) electrons. The molecule has 0 aromatic carbocycles. The molecule has 0 spiro atoms.